The molecule has 0 saturated carbocycles. The summed E-state index contributed by atoms with van der Waals surface area (Å²) in [6.45, 7) is 3.42. The fourth-order valence-electron chi connectivity index (χ4n) is 3.55. The van der Waals surface area contributed by atoms with E-state index in [0.29, 0.717) is 28.2 Å². The minimum Gasteiger partial charge on any atom is -0.480 e. The maximum atomic E-state index is 13.9. The number of benzene rings is 2. The molecule has 1 heterocycles. The lowest BCUT2D eigenvalue weighted by molar-refractivity contribution is -0.143. The van der Waals surface area contributed by atoms with Crippen molar-refractivity contribution in [1.29, 1.82) is 0 Å². The minimum atomic E-state index is -3.37. The molecule has 1 atom stereocenters. The number of nitrogens with zero attached hydrogens (tertiary/aromatic N) is 1. The Morgan fingerprint density at radius 3 is 2.30 bits per heavy atom. The van der Waals surface area contributed by atoms with Gasteiger partial charge in [-0.1, -0.05) is 25.1 Å². The Labute approximate surface area is 174 Å². The van der Waals surface area contributed by atoms with Crippen LogP contribution in [0.3, 0.4) is 0 Å². The van der Waals surface area contributed by atoms with Crippen LogP contribution in [0.2, 0.25) is 0 Å². The zero-order chi connectivity index (χ0) is 22.3. The van der Waals surface area contributed by atoms with Crippen molar-refractivity contribution in [1.82, 2.24) is 4.57 Å². The van der Waals surface area contributed by atoms with Crippen LogP contribution in [-0.4, -0.2) is 30.3 Å². The monoisotopic (exact) mass is 430 g/mol. The summed E-state index contributed by atoms with van der Waals surface area (Å²) in [4.78, 5) is 12.1. The second-order valence-corrected chi connectivity index (χ2v) is 9.29. The smallest absolute Gasteiger partial charge is 0.328 e. The molecule has 0 amide bonds. The van der Waals surface area contributed by atoms with Crippen LogP contribution in [0.1, 0.15) is 24.6 Å². The van der Waals surface area contributed by atoms with Gasteiger partial charge in [-0.3, -0.25) is 0 Å². The van der Waals surface area contributed by atoms with Gasteiger partial charge in [0.25, 0.3) is 0 Å². The maximum Gasteiger partial charge on any atom is 0.328 e. The van der Waals surface area contributed by atoms with Gasteiger partial charge in [0.2, 0.25) is 0 Å². The molecule has 0 saturated heterocycles. The number of carboxylic acid groups (broad SMARTS) is 1. The van der Waals surface area contributed by atoms with E-state index < -0.39 is 27.2 Å². The van der Waals surface area contributed by atoms with E-state index in [1.807, 2.05) is 0 Å². The SMILES string of the molecule is CCC(N)(C(=O)O)c1cc(-c2ccc(S(C)(=O)=O)cc2)n(-c2cccc(F)c2)c1C. The van der Waals surface area contributed by atoms with E-state index in [4.69, 9.17) is 5.73 Å². The number of hydrogen-bond donors (Lipinski definition) is 2. The van der Waals surface area contributed by atoms with Crippen LogP contribution < -0.4 is 5.73 Å². The zero-order valence-electron chi connectivity index (χ0n) is 16.9. The van der Waals surface area contributed by atoms with Crippen LogP contribution in [0.25, 0.3) is 16.9 Å². The van der Waals surface area contributed by atoms with Gasteiger partial charge in [-0.15, -0.1) is 0 Å². The van der Waals surface area contributed by atoms with Gasteiger partial charge in [-0.05, 0) is 55.3 Å². The van der Waals surface area contributed by atoms with Crippen LogP contribution >= 0.6 is 0 Å². The van der Waals surface area contributed by atoms with Crippen molar-refractivity contribution in [3.05, 3.63) is 71.7 Å². The van der Waals surface area contributed by atoms with Crippen LogP contribution in [0.5, 0.6) is 0 Å². The number of sulfone groups is 1. The number of hydrogen-bond acceptors (Lipinski definition) is 4. The molecule has 2 aromatic carbocycles. The Hall–Kier alpha value is -2.97. The fourth-order valence-corrected chi connectivity index (χ4v) is 4.18. The molecule has 6 nitrogen and oxygen atoms in total. The highest BCUT2D eigenvalue weighted by Crippen LogP contribution is 2.36. The summed E-state index contributed by atoms with van der Waals surface area (Å²) in [5.74, 6) is -1.60. The standard InChI is InChI=1S/C22H23FN2O4S/c1-4-22(24,21(26)27)19-13-20(15-8-10-18(11-9-15)30(3,28)29)25(14(19)2)17-7-5-6-16(23)12-17/h5-13H,4,24H2,1-3H3,(H,26,27). The molecule has 8 heteroatoms. The highest BCUT2D eigenvalue weighted by atomic mass is 32.2. The van der Waals surface area contributed by atoms with Crippen molar-refractivity contribution in [2.75, 3.05) is 6.26 Å². The first-order valence-electron chi connectivity index (χ1n) is 9.30. The lowest BCUT2D eigenvalue weighted by atomic mass is 9.88. The van der Waals surface area contributed by atoms with Crippen molar-refractivity contribution in [3.8, 4) is 16.9 Å². The van der Waals surface area contributed by atoms with Crippen molar-refractivity contribution in [3.63, 3.8) is 0 Å². The van der Waals surface area contributed by atoms with E-state index in [9.17, 15) is 22.7 Å². The quantitative estimate of drug-likeness (QED) is 0.622. The summed E-state index contributed by atoms with van der Waals surface area (Å²) in [7, 11) is -3.37. The Morgan fingerprint density at radius 1 is 1.17 bits per heavy atom. The fraction of sp³-hybridized carbons (Fsp3) is 0.227. The molecular formula is C22H23FN2O4S. The Morgan fingerprint density at radius 2 is 1.80 bits per heavy atom. The van der Waals surface area contributed by atoms with E-state index in [1.54, 1.807) is 48.7 Å². The third kappa shape index (κ3) is 3.76. The number of nitrogens with two attached hydrogens (primary N) is 1. The maximum absolute atomic E-state index is 13.9. The van der Waals surface area contributed by atoms with E-state index in [-0.39, 0.29) is 11.3 Å². The summed E-state index contributed by atoms with van der Waals surface area (Å²) < 4.78 is 39.2. The highest BCUT2D eigenvalue weighted by Gasteiger charge is 2.38. The molecule has 3 rings (SSSR count). The molecule has 3 aromatic rings. The third-order valence-electron chi connectivity index (χ3n) is 5.31. The molecule has 0 fully saturated rings. The van der Waals surface area contributed by atoms with Gasteiger partial charge in [0.15, 0.2) is 9.84 Å². The molecule has 0 aliphatic carbocycles. The molecule has 0 spiro atoms. The Kier molecular flexibility index (Phi) is 5.58. The van der Waals surface area contributed by atoms with Crippen molar-refractivity contribution < 1.29 is 22.7 Å². The molecule has 30 heavy (non-hydrogen) atoms. The molecule has 158 valence electrons. The number of rotatable bonds is 6. The summed E-state index contributed by atoms with van der Waals surface area (Å²) in [5.41, 5.74) is 7.32. The molecule has 0 aliphatic heterocycles. The van der Waals surface area contributed by atoms with Crippen molar-refractivity contribution >= 4 is 15.8 Å². The second kappa shape index (κ2) is 7.70. The van der Waals surface area contributed by atoms with Crippen LogP contribution in [0.15, 0.2) is 59.5 Å². The van der Waals surface area contributed by atoms with Gasteiger partial charge in [-0.2, -0.15) is 0 Å². The lowest BCUT2D eigenvalue weighted by Gasteiger charge is -2.23. The third-order valence-corrected chi connectivity index (χ3v) is 6.44. The molecule has 0 aliphatic rings. The summed E-state index contributed by atoms with van der Waals surface area (Å²) in [6, 6.07) is 13.8. The normalized spacial score (nSPS) is 13.8. The molecule has 0 bridgehead atoms. The Bertz CT molecular complexity index is 1220. The van der Waals surface area contributed by atoms with Gasteiger partial charge in [0.1, 0.15) is 11.4 Å². The largest absolute Gasteiger partial charge is 0.480 e. The van der Waals surface area contributed by atoms with E-state index in [2.05, 4.69) is 0 Å². The van der Waals surface area contributed by atoms with Gasteiger partial charge in [-0.25, -0.2) is 17.6 Å². The van der Waals surface area contributed by atoms with Crippen molar-refractivity contribution in [2.24, 2.45) is 5.73 Å². The van der Waals surface area contributed by atoms with Gasteiger partial charge in [0, 0.05) is 23.2 Å². The average Bonchev–Trinajstić information content (AvgIpc) is 3.04. The van der Waals surface area contributed by atoms with E-state index in [0.717, 1.165) is 6.26 Å². The average molecular weight is 431 g/mol. The summed E-state index contributed by atoms with van der Waals surface area (Å²) in [5, 5.41) is 9.76. The first kappa shape index (κ1) is 21.7. The van der Waals surface area contributed by atoms with Crippen molar-refractivity contribution in [2.45, 2.75) is 30.7 Å². The molecule has 3 N–H and O–H groups in total. The predicted octanol–water partition coefficient (Wildman–Crippen LogP) is 3.64. The number of aliphatic carboxylic acids is 1. The van der Waals surface area contributed by atoms with Crippen LogP contribution in [0, 0.1) is 12.7 Å². The zero-order valence-corrected chi connectivity index (χ0v) is 17.7. The summed E-state index contributed by atoms with van der Waals surface area (Å²) >= 11 is 0. The highest BCUT2D eigenvalue weighted by molar-refractivity contribution is 7.90. The Balaban J connectivity index is 2.31. The predicted molar refractivity (Wildman–Crippen MR) is 113 cm³/mol. The molecule has 1 unspecified atom stereocenters. The molecule has 1 aromatic heterocycles. The topological polar surface area (TPSA) is 102 Å². The molecular weight excluding hydrogens is 407 g/mol. The number of carboxylic acids is 1. The molecule has 0 radical (unpaired) electrons. The van der Waals surface area contributed by atoms with Crippen LogP contribution in [0.4, 0.5) is 4.39 Å². The van der Waals surface area contributed by atoms with Gasteiger partial charge in [0.05, 0.1) is 10.6 Å². The first-order chi connectivity index (χ1) is 14.0. The number of carbonyl (C=O) groups is 1. The number of halogens is 1. The van der Waals surface area contributed by atoms with E-state index in [1.165, 1.54) is 24.3 Å². The lowest BCUT2D eigenvalue weighted by Crippen LogP contribution is -2.44. The first-order valence-corrected chi connectivity index (χ1v) is 11.2. The van der Waals surface area contributed by atoms with Crippen LogP contribution in [-0.2, 0) is 20.2 Å². The second-order valence-electron chi connectivity index (χ2n) is 7.27. The van der Waals surface area contributed by atoms with Gasteiger partial charge >= 0.3 is 5.97 Å². The van der Waals surface area contributed by atoms with E-state index >= 15 is 0 Å². The minimum absolute atomic E-state index is 0.156. The summed E-state index contributed by atoms with van der Waals surface area (Å²) in [6.07, 6.45) is 1.28. The van der Waals surface area contributed by atoms with Gasteiger partial charge < -0.3 is 15.4 Å². The number of aromatic nitrogens is 1.